The summed E-state index contributed by atoms with van der Waals surface area (Å²) >= 11 is 1.63. The van der Waals surface area contributed by atoms with Crippen LogP contribution in [0, 0.1) is 0 Å². The Labute approximate surface area is 122 Å². The molecule has 3 heterocycles. The zero-order chi connectivity index (χ0) is 13.9. The second-order valence-corrected chi connectivity index (χ2v) is 5.84. The van der Waals surface area contributed by atoms with Crippen LogP contribution in [0.1, 0.15) is 17.2 Å². The van der Waals surface area contributed by atoms with Crippen molar-refractivity contribution in [3.63, 3.8) is 0 Å². The number of rotatable bonds is 3. The van der Waals surface area contributed by atoms with E-state index in [-0.39, 0.29) is 11.9 Å². The van der Waals surface area contributed by atoms with Crippen LogP contribution < -0.4 is 5.32 Å². The lowest BCUT2D eigenvalue weighted by atomic mass is 10.1. The van der Waals surface area contributed by atoms with E-state index in [0.717, 1.165) is 30.8 Å². The van der Waals surface area contributed by atoms with Crippen molar-refractivity contribution in [2.45, 2.75) is 12.5 Å². The van der Waals surface area contributed by atoms with Crippen molar-refractivity contribution >= 4 is 17.2 Å². The van der Waals surface area contributed by atoms with Crippen molar-refractivity contribution in [3.8, 4) is 0 Å². The Morgan fingerprint density at radius 3 is 3.20 bits per heavy atom. The highest BCUT2D eigenvalue weighted by molar-refractivity contribution is 7.07. The molecule has 1 aliphatic heterocycles. The summed E-state index contributed by atoms with van der Waals surface area (Å²) in [5, 5.41) is 11.6. The van der Waals surface area contributed by atoms with Gasteiger partial charge in [0.05, 0.1) is 18.7 Å². The van der Waals surface area contributed by atoms with Gasteiger partial charge in [-0.2, -0.15) is 16.4 Å². The summed E-state index contributed by atoms with van der Waals surface area (Å²) in [6, 6.07) is 2.10. The first-order valence-corrected chi connectivity index (χ1v) is 7.68. The molecule has 0 unspecified atom stereocenters. The molecule has 0 bridgehead atoms. The van der Waals surface area contributed by atoms with Crippen molar-refractivity contribution in [1.29, 1.82) is 0 Å². The number of aryl methyl sites for hydroxylation is 1. The molecule has 0 spiro atoms. The van der Waals surface area contributed by atoms with Gasteiger partial charge in [-0.3, -0.25) is 9.48 Å². The summed E-state index contributed by atoms with van der Waals surface area (Å²) in [5.41, 5.74) is 2.20. The number of carbonyl (C=O) groups is 1. The summed E-state index contributed by atoms with van der Waals surface area (Å²) < 4.78 is 1.78. The molecule has 1 fully saturated rings. The van der Waals surface area contributed by atoms with Gasteiger partial charge < -0.3 is 10.2 Å². The lowest BCUT2D eigenvalue weighted by molar-refractivity contribution is -0.133. The average molecular weight is 290 g/mol. The highest BCUT2D eigenvalue weighted by Crippen LogP contribution is 2.23. The Hall–Kier alpha value is -1.66. The number of nitrogens with zero attached hydrogens (tertiary/aromatic N) is 3. The Morgan fingerprint density at radius 1 is 1.60 bits per heavy atom. The van der Waals surface area contributed by atoms with Crippen LogP contribution >= 0.6 is 11.3 Å². The quantitative estimate of drug-likeness (QED) is 0.924. The van der Waals surface area contributed by atoms with Gasteiger partial charge in [0.1, 0.15) is 0 Å². The van der Waals surface area contributed by atoms with Gasteiger partial charge in [0.15, 0.2) is 0 Å². The second-order valence-electron chi connectivity index (χ2n) is 5.06. The van der Waals surface area contributed by atoms with Crippen molar-refractivity contribution in [3.05, 3.63) is 40.3 Å². The Bertz CT molecular complexity index is 578. The zero-order valence-corrected chi connectivity index (χ0v) is 12.3. The summed E-state index contributed by atoms with van der Waals surface area (Å²) in [7, 11) is 1.90. The van der Waals surface area contributed by atoms with E-state index in [1.165, 1.54) is 0 Å². The monoisotopic (exact) mass is 290 g/mol. The van der Waals surface area contributed by atoms with E-state index < -0.39 is 0 Å². The van der Waals surface area contributed by atoms with Crippen LogP contribution in [0.3, 0.4) is 0 Å². The smallest absolute Gasteiger partial charge is 0.227 e. The number of hydrogen-bond acceptors (Lipinski definition) is 4. The van der Waals surface area contributed by atoms with E-state index >= 15 is 0 Å². The van der Waals surface area contributed by atoms with Crippen LogP contribution in [0.2, 0.25) is 0 Å². The average Bonchev–Trinajstić information content (AvgIpc) is 3.10. The molecule has 3 rings (SSSR count). The number of nitrogens with one attached hydrogen (secondary N) is 1. The van der Waals surface area contributed by atoms with Crippen LogP contribution in [-0.4, -0.2) is 40.2 Å². The Balaban J connectivity index is 1.76. The minimum absolute atomic E-state index is 0.0867. The number of thiophene rings is 1. The number of piperazine rings is 1. The van der Waals surface area contributed by atoms with Crippen LogP contribution in [0.25, 0.3) is 0 Å². The van der Waals surface area contributed by atoms with Gasteiger partial charge in [-0.25, -0.2) is 0 Å². The van der Waals surface area contributed by atoms with Crippen LogP contribution in [0.5, 0.6) is 0 Å². The zero-order valence-electron chi connectivity index (χ0n) is 11.5. The Morgan fingerprint density at radius 2 is 2.50 bits per heavy atom. The lowest BCUT2D eigenvalue weighted by Gasteiger charge is -2.35. The van der Waals surface area contributed by atoms with E-state index in [9.17, 15) is 4.79 Å². The molecular weight excluding hydrogens is 272 g/mol. The first-order chi connectivity index (χ1) is 9.74. The van der Waals surface area contributed by atoms with Crippen molar-refractivity contribution in [1.82, 2.24) is 20.0 Å². The summed E-state index contributed by atoms with van der Waals surface area (Å²) in [4.78, 5) is 14.5. The standard InChI is InChI=1S/C14H18N4OS/c1-17-9-12(7-16-17)13-8-15-3-4-18(13)14(19)6-11-2-5-20-10-11/h2,5,7,9-10,13,15H,3-4,6,8H2,1H3/t13-/m1/s1. The third-order valence-corrected chi connectivity index (χ3v) is 4.34. The highest BCUT2D eigenvalue weighted by Gasteiger charge is 2.28. The number of aromatic nitrogens is 2. The maximum Gasteiger partial charge on any atom is 0.227 e. The normalized spacial score (nSPS) is 19.2. The molecule has 1 saturated heterocycles. The third kappa shape index (κ3) is 2.76. The molecule has 2 aromatic rings. The fourth-order valence-corrected chi connectivity index (χ4v) is 3.25. The van der Waals surface area contributed by atoms with Crippen LogP contribution in [0.15, 0.2) is 29.2 Å². The van der Waals surface area contributed by atoms with Gasteiger partial charge >= 0.3 is 0 Å². The molecule has 0 saturated carbocycles. The topological polar surface area (TPSA) is 50.2 Å². The molecule has 2 aromatic heterocycles. The highest BCUT2D eigenvalue weighted by atomic mass is 32.1. The molecule has 0 aliphatic carbocycles. The fraction of sp³-hybridized carbons (Fsp3) is 0.429. The molecule has 0 radical (unpaired) electrons. The van der Waals surface area contributed by atoms with Crippen molar-refractivity contribution < 1.29 is 4.79 Å². The van der Waals surface area contributed by atoms with E-state index in [1.54, 1.807) is 16.0 Å². The summed E-state index contributed by atoms with van der Waals surface area (Å²) in [6.45, 7) is 2.40. The molecule has 1 aliphatic rings. The molecule has 20 heavy (non-hydrogen) atoms. The molecule has 1 amide bonds. The Kier molecular flexibility index (Phi) is 3.84. The lowest BCUT2D eigenvalue weighted by Crippen LogP contribution is -2.49. The molecular formula is C14H18N4OS. The van der Waals surface area contributed by atoms with Gasteiger partial charge in [-0.15, -0.1) is 0 Å². The maximum atomic E-state index is 12.5. The summed E-state index contributed by atoms with van der Waals surface area (Å²) in [5.74, 6) is 0.193. The molecule has 1 atom stereocenters. The first-order valence-electron chi connectivity index (χ1n) is 6.74. The SMILES string of the molecule is Cn1cc([C@H]2CNCCN2C(=O)Cc2ccsc2)cn1. The maximum absolute atomic E-state index is 12.5. The molecule has 106 valence electrons. The second kappa shape index (κ2) is 5.76. The van der Waals surface area contributed by atoms with E-state index in [4.69, 9.17) is 0 Å². The third-order valence-electron chi connectivity index (χ3n) is 3.61. The predicted molar refractivity (Wildman–Crippen MR) is 78.6 cm³/mol. The molecule has 5 nitrogen and oxygen atoms in total. The first kappa shape index (κ1) is 13.3. The number of amides is 1. The fourth-order valence-electron chi connectivity index (χ4n) is 2.58. The van der Waals surface area contributed by atoms with Gasteiger partial charge in [0, 0.05) is 38.4 Å². The van der Waals surface area contributed by atoms with Crippen LogP contribution in [0.4, 0.5) is 0 Å². The van der Waals surface area contributed by atoms with Gasteiger partial charge in [0.25, 0.3) is 0 Å². The number of hydrogen-bond donors (Lipinski definition) is 1. The number of carbonyl (C=O) groups excluding carboxylic acids is 1. The van der Waals surface area contributed by atoms with E-state index in [2.05, 4.69) is 10.4 Å². The molecule has 6 heteroatoms. The largest absolute Gasteiger partial charge is 0.333 e. The van der Waals surface area contributed by atoms with Gasteiger partial charge in [0.2, 0.25) is 5.91 Å². The van der Waals surface area contributed by atoms with E-state index in [0.29, 0.717) is 6.42 Å². The summed E-state index contributed by atoms with van der Waals surface area (Å²) in [6.07, 6.45) is 4.32. The van der Waals surface area contributed by atoms with Crippen LogP contribution in [-0.2, 0) is 18.3 Å². The van der Waals surface area contributed by atoms with Crippen molar-refractivity contribution in [2.24, 2.45) is 7.05 Å². The van der Waals surface area contributed by atoms with Crippen molar-refractivity contribution in [2.75, 3.05) is 19.6 Å². The molecule has 0 aromatic carbocycles. The van der Waals surface area contributed by atoms with Gasteiger partial charge in [-0.05, 0) is 22.4 Å². The minimum Gasteiger partial charge on any atom is -0.333 e. The predicted octanol–water partition coefficient (Wildman–Crippen LogP) is 1.20. The minimum atomic E-state index is 0.0867. The van der Waals surface area contributed by atoms with E-state index in [1.807, 2.05) is 41.2 Å². The van der Waals surface area contributed by atoms with Gasteiger partial charge in [-0.1, -0.05) is 0 Å². The molecule has 1 N–H and O–H groups in total.